The quantitative estimate of drug-likeness (QED) is 0.841. The number of aliphatic hydroxyl groups excluding tert-OH is 1. The van der Waals surface area contributed by atoms with Crippen molar-refractivity contribution in [1.29, 1.82) is 5.26 Å². The van der Waals surface area contributed by atoms with Crippen LogP contribution in [0.15, 0.2) is 18.3 Å². The molecule has 1 aromatic rings. The van der Waals surface area contributed by atoms with Gasteiger partial charge in [0.1, 0.15) is 5.82 Å². The molecule has 0 spiro atoms. The normalized spacial score (nSPS) is 20.7. The summed E-state index contributed by atoms with van der Waals surface area (Å²) in [6.07, 6.45) is 6.13. The lowest BCUT2D eigenvalue weighted by atomic mass is 10.1. The fraction of sp³-hybridized carbons (Fsp3) is 0.538. The molecule has 90 valence electrons. The van der Waals surface area contributed by atoms with E-state index in [1.54, 1.807) is 18.3 Å². The van der Waals surface area contributed by atoms with E-state index in [0.717, 1.165) is 31.6 Å². The van der Waals surface area contributed by atoms with Gasteiger partial charge in [0.25, 0.3) is 0 Å². The average molecular weight is 231 g/mol. The monoisotopic (exact) mass is 231 g/mol. The number of aliphatic hydroxyl groups is 1. The van der Waals surface area contributed by atoms with Gasteiger partial charge in [0.05, 0.1) is 24.3 Å². The fourth-order valence-electron chi connectivity index (χ4n) is 2.31. The minimum absolute atomic E-state index is 0.138. The number of aromatic nitrogens is 1. The van der Waals surface area contributed by atoms with E-state index in [9.17, 15) is 5.11 Å². The second-order valence-corrected chi connectivity index (χ2v) is 4.39. The van der Waals surface area contributed by atoms with Crippen molar-refractivity contribution in [1.82, 2.24) is 4.98 Å². The Bertz CT molecular complexity index is 413. The number of anilines is 1. The summed E-state index contributed by atoms with van der Waals surface area (Å²) < 4.78 is 0. The van der Waals surface area contributed by atoms with E-state index in [4.69, 9.17) is 5.26 Å². The molecule has 1 unspecified atom stereocenters. The van der Waals surface area contributed by atoms with Gasteiger partial charge in [0.15, 0.2) is 0 Å². The van der Waals surface area contributed by atoms with Crippen molar-refractivity contribution < 1.29 is 5.11 Å². The van der Waals surface area contributed by atoms with Gasteiger partial charge in [-0.1, -0.05) is 12.8 Å². The first kappa shape index (κ1) is 11.9. The molecule has 0 bridgehead atoms. The number of hydrogen-bond acceptors (Lipinski definition) is 4. The smallest absolute Gasteiger partial charge is 0.130 e. The molecule has 1 N–H and O–H groups in total. The summed E-state index contributed by atoms with van der Waals surface area (Å²) in [6.45, 7) is 1.06. The molecule has 2 rings (SSSR count). The van der Waals surface area contributed by atoms with Crippen molar-refractivity contribution in [3.63, 3.8) is 0 Å². The van der Waals surface area contributed by atoms with Crippen molar-refractivity contribution in [2.45, 2.75) is 31.7 Å². The van der Waals surface area contributed by atoms with E-state index in [2.05, 4.69) is 16.0 Å². The predicted molar refractivity (Wildman–Crippen MR) is 65.6 cm³/mol. The maximum atomic E-state index is 9.44. The summed E-state index contributed by atoms with van der Waals surface area (Å²) in [4.78, 5) is 6.45. The standard InChI is InChI=1S/C13H17N3O/c14-9-11-5-6-15-13(8-11)16-7-3-1-2-4-12(16)10-17/h5-6,8,12,17H,1-4,7,10H2. The summed E-state index contributed by atoms with van der Waals surface area (Å²) in [7, 11) is 0. The van der Waals surface area contributed by atoms with E-state index < -0.39 is 0 Å². The van der Waals surface area contributed by atoms with E-state index in [0.29, 0.717) is 5.56 Å². The third-order valence-electron chi connectivity index (χ3n) is 3.26. The number of nitriles is 1. The molecule has 0 radical (unpaired) electrons. The maximum absolute atomic E-state index is 9.44. The molecule has 1 fully saturated rings. The minimum atomic E-state index is 0.138. The summed E-state index contributed by atoms with van der Waals surface area (Å²) in [5.74, 6) is 0.810. The molecule has 1 aliphatic heterocycles. The SMILES string of the molecule is N#Cc1ccnc(N2CCCCCC2CO)c1. The first-order valence-corrected chi connectivity index (χ1v) is 6.09. The van der Waals surface area contributed by atoms with Gasteiger partial charge in [-0.2, -0.15) is 5.26 Å². The van der Waals surface area contributed by atoms with E-state index in [1.165, 1.54) is 6.42 Å². The summed E-state index contributed by atoms with van der Waals surface area (Å²) in [5.41, 5.74) is 0.621. The third kappa shape index (κ3) is 2.75. The van der Waals surface area contributed by atoms with Crippen molar-refractivity contribution in [2.75, 3.05) is 18.1 Å². The molecule has 1 aliphatic rings. The van der Waals surface area contributed by atoms with Crippen LogP contribution in [0.1, 0.15) is 31.2 Å². The zero-order chi connectivity index (χ0) is 12.1. The highest BCUT2D eigenvalue weighted by Gasteiger charge is 2.21. The van der Waals surface area contributed by atoms with E-state index in [-0.39, 0.29) is 12.6 Å². The highest BCUT2D eigenvalue weighted by Crippen LogP contribution is 2.22. The van der Waals surface area contributed by atoms with Gasteiger partial charge in [-0.3, -0.25) is 0 Å². The number of pyridine rings is 1. The van der Waals surface area contributed by atoms with Gasteiger partial charge in [-0.05, 0) is 25.0 Å². The molecule has 2 heterocycles. The van der Waals surface area contributed by atoms with Crippen molar-refractivity contribution in [3.8, 4) is 6.07 Å². The second-order valence-electron chi connectivity index (χ2n) is 4.39. The van der Waals surface area contributed by atoms with Crippen LogP contribution in [0.2, 0.25) is 0 Å². The molecule has 1 aromatic heterocycles. The van der Waals surface area contributed by atoms with Gasteiger partial charge in [-0.25, -0.2) is 4.98 Å². The topological polar surface area (TPSA) is 60.2 Å². The number of rotatable bonds is 2. The van der Waals surface area contributed by atoms with Gasteiger partial charge < -0.3 is 10.0 Å². The highest BCUT2D eigenvalue weighted by molar-refractivity contribution is 5.45. The van der Waals surface area contributed by atoms with Crippen molar-refractivity contribution in [3.05, 3.63) is 23.9 Å². The predicted octanol–water partition coefficient (Wildman–Crippen LogP) is 1.69. The Labute approximate surface area is 102 Å². The molecule has 4 nitrogen and oxygen atoms in total. The van der Waals surface area contributed by atoms with Crippen LogP contribution in [0.25, 0.3) is 0 Å². The number of nitrogens with zero attached hydrogens (tertiary/aromatic N) is 3. The lowest BCUT2D eigenvalue weighted by Crippen LogP contribution is -2.38. The van der Waals surface area contributed by atoms with E-state index >= 15 is 0 Å². The van der Waals surface area contributed by atoms with Crippen LogP contribution in [-0.4, -0.2) is 29.3 Å². The molecule has 0 saturated carbocycles. The van der Waals surface area contributed by atoms with E-state index in [1.807, 2.05) is 0 Å². The van der Waals surface area contributed by atoms with Gasteiger partial charge >= 0.3 is 0 Å². The lowest BCUT2D eigenvalue weighted by molar-refractivity contribution is 0.254. The Kier molecular flexibility index (Phi) is 3.94. The Hall–Kier alpha value is -1.60. The first-order valence-electron chi connectivity index (χ1n) is 6.09. The molecular weight excluding hydrogens is 214 g/mol. The van der Waals surface area contributed by atoms with Crippen LogP contribution < -0.4 is 4.90 Å². The number of hydrogen-bond donors (Lipinski definition) is 1. The molecule has 1 atom stereocenters. The summed E-state index contributed by atoms with van der Waals surface area (Å²) in [5, 5.41) is 18.3. The fourth-order valence-corrected chi connectivity index (χ4v) is 2.31. The molecule has 0 amide bonds. The summed E-state index contributed by atoms with van der Waals surface area (Å²) in [6, 6.07) is 5.77. The largest absolute Gasteiger partial charge is 0.394 e. The van der Waals surface area contributed by atoms with Crippen LogP contribution in [0, 0.1) is 11.3 Å². The molecular formula is C13H17N3O. The zero-order valence-electron chi connectivity index (χ0n) is 9.84. The molecule has 1 saturated heterocycles. The Morgan fingerprint density at radius 2 is 2.35 bits per heavy atom. The summed E-state index contributed by atoms with van der Waals surface area (Å²) >= 11 is 0. The van der Waals surface area contributed by atoms with Gasteiger partial charge in [-0.15, -0.1) is 0 Å². The minimum Gasteiger partial charge on any atom is -0.394 e. The Morgan fingerprint density at radius 3 is 3.12 bits per heavy atom. The second kappa shape index (κ2) is 5.65. The van der Waals surface area contributed by atoms with Crippen molar-refractivity contribution >= 4 is 5.82 Å². The molecule has 17 heavy (non-hydrogen) atoms. The van der Waals surface area contributed by atoms with Crippen LogP contribution in [-0.2, 0) is 0 Å². The molecule has 4 heteroatoms. The average Bonchev–Trinajstić information content (AvgIpc) is 2.63. The highest BCUT2D eigenvalue weighted by atomic mass is 16.3. The van der Waals surface area contributed by atoms with Gasteiger partial charge in [0, 0.05) is 12.7 Å². The van der Waals surface area contributed by atoms with Crippen LogP contribution in [0.3, 0.4) is 0 Å². The molecule has 0 aliphatic carbocycles. The first-order chi connectivity index (χ1) is 8.35. The van der Waals surface area contributed by atoms with Crippen LogP contribution in [0.4, 0.5) is 5.82 Å². The van der Waals surface area contributed by atoms with Gasteiger partial charge in [0.2, 0.25) is 0 Å². The van der Waals surface area contributed by atoms with Crippen LogP contribution in [0.5, 0.6) is 0 Å². The lowest BCUT2D eigenvalue weighted by Gasteiger charge is -2.29. The molecule has 0 aromatic carbocycles. The van der Waals surface area contributed by atoms with Crippen molar-refractivity contribution in [2.24, 2.45) is 0 Å². The Balaban J connectivity index is 2.25. The third-order valence-corrected chi connectivity index (χ3v) is 3.26. The maximum Gasteiger partial charge on any atom is 0.130 e. The Morgan fingerprint density at radius 1 is 1.47 bits per heavy atom. The van der Waals surface area contributed by atoms with Crippen LogP contribution >= 0.6 is 0 Å². The zero-order valence-corrected chi connectivity index (χ0v) is 9.84.